The SMILES string of the molecule is O=c1ccc(-c2ccc(S(=O)(=O)N3CCN(c4ccc(Br)cn4)CC3)s2)n[nH]1. The zero-order valence-electron chi connectivity index (χ0n) is 14.6. The normalized spacial score (nSPS) is 15.7. The predicted octanol–water partition coefficient (Wildman–Crippen LogP) is 2.17. The summed E-state index contributed by atoms with van der Waals surface area (Å²) in [6.07, 6.45) is 1.73. The molecular weight excluding hydrogens is 466 g/mol. The monoisotopic (exact) mass is 481 g/mol. The molecule has 1 aliphatic heterocycles. The van der Waals surface area contributed by atoms with Crippen LogP contribution in [0.2, 0.25) is 0 Å². The lowest BCUT2D eigenvalue weighted by Crippen LogP contribution is -2.48. The summed E-state index contributed by atoms with van der Waals surface area (Å²) in [5.41, 5.74) is 0.239. The van der Waals surface area contributed by atoms with Crippen LogP contribution in [0.1, 0.15) is 0 Å². The second-order valence-electron chi connectivity index (χ2n) is 6.15. The maximum atomic E-state index is 13.0. The van der Waals surface area contributed by atoms with Crippen LogP contribution >= 0.6 is 27.3 Å². The molecule has 0 bridgehead atoms. The Morgan fingerprint density at radius 1 is 1.04 bits per heavy atom. The van der Waals surface area contributed by atoms with Gasteiger partial charge in [-0.15, -0.1) is 11.3 Å². The van der Waals surface area contributed by atoms with E-state index in [1.165, 1.54) is 10.4 Å². The molecule has 0 aliphatic carbocycles. The van der Waals surface area contributed by atoms with Crippen molar-refractivity contribution in [3.8, 4) is 10.6 Å². The molecule has 146 valence electrons. The Balaban J connectivity index is 1.48. The van der Waals surface area contributed by atoms with Gasteiger partial charge in [-0.05, 0) is 46.3 Å². The molecule has 1 N–H and O–H groups in total. The van der Waals surface area contributed by atoms with Crippen LogP contribution in [0.25, 0.3) is 10.6 Å². The molecule has 1 fully saturated rings. The number of H-pyrrole nitrogens is 1. The fourth-order valence-electron chi connectivity index (χ4n) is 2.92. The van der Waals surface area contributed by atoms with Gasteiger partial charge in [0.2, 0.25) is 0 Å². The van der Waals surface area contributed by atoms with Gasteiger partial charge in [0, 0.05) is 42.9 Å². The lowest BCUT2D eigenvalue weighted by Gasteiger charge is -2.34. The number of piperazine rings is 1. The van der Waals surface area contributed by atoms with Gasteiger partial charge in [-0.3, -0.25) is 4.79 Å². The zero-order chi connectivity index (χ0) is 19.7. The van der Waals surface area contributed by atoms with Gasteiger partial charge in [0.25, 0.3) is 15.6 Å². The van der Waals surface area contributed by atoms with Crippen LogP contribution in [0.4, 0.5) is 5.82 Å². The van der Waals surface area contributed by atoms with Gasteiger partial charge in [-0.1, -0.05) is 0 Å². The van der Waals surface area contributed by atoms with Gasteiger partial charge in [0.1, 0.15) is 15.7 Å². The van der Waals surface area contributed by atoms with E-state index in [2.05, 4.69) is 36.0 Å². The molecule has 0 radical (unpaired) electrons. The van der Waals surface area contributed by atoms with Gasteiger partial charge in [-0.25, -0.2) is 18.5 Å². The third kappa shape index (κ3) is 3.88. The van der Waals surface area contributed by atoms with Crippen molar-refractivity contribution in [2.24, 2.45) is 0 Å². The van der Waals surface area contributed by atoms with Crippen LogP contribution in [0, 0.1) is 0 Å². The zero-order valence-corrected chi connectivity index (χ0v) is 17.8. The van der Waals surface area contributed by atoms with Gasteiger partial charge in [0.05, 0.1) is 4.88 Å². The molecule has 0 unspecified atom stereocenters. The molecule has 3 aromatic heterocycles. The van der Waals surface area contributed by atoms with Crippen molar-refractivity contribution in [1.82, 2.24) is 19.5 Å². The molecule has 3 aromatic rings. The molecule has 0 atom stereocenters. The molecule has 8 nitrogen and oxygen atoms in total. The second-order valence-corrected chi connectivity index (χ2v) is 10.3. The second kappa shape index (κ2) is 7.74. The van der Waals surface area contributed by atoms with E-state index in [1.54, 1.807) is 24.4 Å². The predicted molar refractivity (Wildman–Crippen MR) is 111 cm³/mol. The number of hydrogen-bond donors (Lipinski definition) is 1. The third-order valence-corrected chi connectivity index (χ3v) is 8.32. The third-order valence-electron chi connectivity index (χ3n) is 4.38. The topological polar surface area (TPSA) is 99.3 Å². The van der Waals surface area contributed by atoms with Crippen LogP contribution in [-0.2, 0) is 10.0 Å². The van der Waals surface area contributed by atoms with E-state index in [1.807, 2.05) is 12.1 Å². The molecule has 1 saturated heterocycles. The quantitative estimate of drug-likeness (QED) is 0.612. The molecule has 1 aliphatic rings. The summed E-state index contributed by atoms with van der Waals surface area (Å²) < 4.78 is 28.7. The number of nitrogens with one attached hydrogen (secondary N) is 1. The summed E-state index contributed by atoms with van der Waals surface area (Å²) in [4.78, 5) is 18.3. The van der Waals surface area contributed by atoms with Crippen LogP contribution in [0.3, 0.4) is 0 Å². The summed E-state index contributed by atoms with van der Waals surface area (Å²) in [6, 6.07) is 10.1. The number of hydrogen-bond acceptors (Lipinski definition) is 7. The Bertz CT molecular complexity index is 1120. The minimum absolute atomic E-state index is 0.269. The minimum atomic E-state index is -3.57. The van der Waals surface area contributed by atoms with Crippen LogP contribution in [0.15, 0.2) is 56.1 Å². The van der Waals surface area contributed by atoms with E-state index in [9.17, 15) is 13.2 Å². The molecule has 0 amide bonds. The van der Waals surface area contributed by atoms with Crippen LogP contribution in [-0.4, -0.2) is 54.1 Å². The number of nitrogens with zero attached hydrogens (tertiary/aromatic N) is 4. The first-order valence-electron chi connectivity index (χ1n) is 8.46. The number of thiophene rings is 1. The highest BCUT2D eigenvalue weighted by Crippen LogP contribution is 2.31. The largest absolute Gasteiger partial charge is 0.354 e. The molecule has 4 rings (SSSR count). The van der Waals surface area contributed by atoms with Crippen LogP contribution < -0.4 is 10.5 Å². The first-order chi connectivity index (χ1) is 13.4. The van der Waals surface area contributed by atoms with E-state index in [0.717, 1.165) is 21.6 Å². The van der Waals surface area contributed by atoms with Crippen molar-refractivity contribution in [2.45, 2.75) is 4.21 Å². The van der Waals surface area contributed by atoms with E-state index in [4.69, 9.17) is 0 Å². The molecule has 28 heavy (non-hydrogen) atoms. The lowest BCUT2D eigenvalue weighted by atomic mass is 10.3. The Labute approximate surface area is 174 Å². The maximum Gasteiger partial charge on any atom is 0.264 e. The summed E-state index contributed by atoms with van der Waals surface area (Å²) >= 11 is 4.51. The Kier molecular flexibility index (Phi) is 5.32. The lowest BCUT2D eigenvalue weighted by molar-refractivity contribution is 0.385. The smallest absolute Gasteiger partial charge is 0.264 e. The van der Waals surface area contributed by atoms with Crippen LogP contribution in [0.5, 0.6) is 0 Å². The average molecular weight is 482 g/mol. The highest BCUT2D eigenvalue weighted by Gasteiger charge is 2.30. The van der Waals surface area contributed by atoms with E-state index in [0.29, 0.717) is 36.8 Å². The van der Waals surface area contributed by atoms with Gasteiger partial charge in [-0.2, -0.15) is 9.40 Å². The Morgan fingerprint density at radius 3 is 2.46 bits per heavy atom. The fraction of sp³-hybridized carbons (Fsp3) is 0.235. The first kappa shape index (κ1) is 19.2. The van der Waals surface area contributed by atoms with E-state index >= 15 is 0 Å². The first-order valence-corrected chi connectivity index (χ1v) is 11.5. The Hall–Kier alpha value is -2.08. The fourth-order valence-corrected chi connectivity index (χ4v) is 6.01. The van der Waals surface area contributed by atoms with Crippen molar-refractivity contribution in [3.05, 3.63) is 57.4 Å². The van der Waals surface area contributed by atoms with Crippen molar-refractivity contribution >= 4 is 43.1 Å². The standard InChI is InChI=1S/C17H16BrN5O3S2/c18-12-1-4-15(19-11-12)22-7-9-23(10-8-22)28(25,26)17-6-3-14(27-17)13-2-5-16(24)21-20-13/h1-6,11H,7-10H2,(H,21,24). The van der Waals surface area contributed by atoms with E-state index < -0.39 is 10.0 Å². The number of aromatic nitrogens is 3. The summed E-state index contributed by atoms with van der Waals surface area (Å²) in [5, 5.41) is 6.31. The summed E-state index contributed by atoms with van der Waals surface area (Å²) in [5.74, 6) is 0.836. The molecule has 0 spiro atoms. The van der Waals surface area contributed by atoms with Gasteiger partial charge < -0.3 is 4.90 Å². The van der Waals surface area contributed by atoms with Gasteiger partial charge in [0.15, 0.2) is 0 Å². The number of aromatic amines is 1. The molecule has 11 heteroatoms. The molecular formula is C17H16BrN5O3S2. The average Bonchev–Trinajstić information content (AvgIpc) is 3.20. The van der Waals surface area contributed by atoms with E-state index in [-0.39, 0.29) is 9.77 Å². The van der Waals surface area contributed by atoms with Crippen molar-refractivity contribution in [2.75, 3.05) is 31.1 Å². The number of sulfonamides is 1. The highest BCUT2D eigenvalue weighted by atomic mass is 79.9. The molecule has 4 heterocycles. The summed E-state index contributed by atoms with van der Waals surface area (Å²) in [6.45, 7) is 1.94. The van der Waals surface area contributed by atoms with Gasteiger partial charge >= 0.3 is 0 Å². The van der Waals surface area contributed by atoms with Crippen molar-refractivity contribution in [3.63, 3.8) is 0 Å². The number of pyridine rings is 1. The maximum absolute atomic E-state index is 13.0. The number of rotatable bonds is 4. The molecule has 0 saturated carbocycles. The minimum Gasteiger partial charge on any atom is -0.354 e. The number of anilines is 1. The Morgan fingerprint density at radius 2 is 1.82 bits per heavy atom. The highest BCUT2D eigenvalue weighted by molar-refractivity contribution is 9.10. The van der Waals surface area contributed by atoms with Crippen molar-refractivity contribution < 1.29 is 8.42 Å². The molecule has 0 aromatic carbocycles. The number of halogens is 1. The summed E-state index contributed by atoms with van der Waals surface area (Å²) in [7, 11) is -3.57. The van der Waals surface area contributed by atoms with Crippen molar-refractivity contribution in [1.29, 1.82) is 0 Å².